The number of nitrogens with zero attached hydrogens (tertiary/aromatic N) is 3. The highest BCUT2D eigenvalue weighted by atomic mass is 16.5. The van der Waals surface area contributed by atoms with Crippen molar-refractivity contribution in [2.45, 2.75) is 20.0 Å². The summed E-state index contributed by atoms with van der Waals surface area (Å²) in [5, 5.41) is 0. The molecule has 1 aliphatic heterocycles. The summed E-state index contributed by atoms with van der Waals surface area (Å²) in [5.41, 5.74) is 1.99. The van der Waals surface area contributed by atoms with E-state index in [1.54, 1.807) is 0 Å². The Morgan fingerprint density at radius 3 is 3.06 bits per heavy atom. The molecule has 0 radical (unpaired) electrons. The van der Waals surface area contributed by atoms with Crippen LogP contribution in [0.1, 0.15) is 23.3 Å². The Bertz CT molecular complexity index is 385. The van der Waals surface area contributed by atoms with Crippen molar-refractivity contribution in [3.63, 3.8) is 0 Å². The van der Waals surface area contributed by atoms with Gasteiger partial charge >= 0.3 is 0 Å². The van der Waals surface area contributed by atoms with Gasteiger partial charge in [-0.2, -0.15) is 0 Å². The minimum atomic E-state index is 0.0594. The minimum absolute atomic E-state index is 0.0594. The average Bonchev–Trinajstić information content (AvgIpc) is 2.28. The second-order valence-electron chi connectivity index (χ2n) is 4.39. The Balaban J connectivity index is 2.12. The maximum atomic E-state index is 5.78. The third kappa shape index (κ3) is 3.11. The molecule has 4 heteroatoms. The van der Waals surface area contributed by atoms with E-state index in [0.29, 0.717) is 0 Å². The molecule has 1 aromatic rings. The summed E-state index contributed by atoms with van der Waals surface area (Å²) in [5.74, 6) is 0.810. The third-order valence-corrected chi connectivity index (χ3v) is 2.85. The van der Waals surface area contributed by atoms with Crippen LogP contribution in [0.2, 0.25) is 0 Å². The number of hydrogen-bond acceptors (Lipinski definition) is 4. The molecule has 0 bridgehead atoms. The molecule has 4 nitrogen and oxygen atoms in total. The van der Waals surface area contributed by atoms with E-state index in [4.69, 9.17) is 4.74 Å². The van der Waals surface area contributed by atoms with Gasteiger partial charge in [0.15, 0.2) is 0 Å². The zero-order valence-corrected chi connectivity index (χ0v) is 10.5. The molecule has 2 rings (SSSR count). The molecule has 0 aliphatic carbocycles. The molecule has 0 spiro atoms. The minimum Gasteiger partial charge on any atom is -0.369 e. The van der Waals surface area contributed by atoms with Crippen molar-refractivity contribution in [1.82, 2.24) is 14.9 Å². The topological polar surface area (TPSA) is 38.2 Å². The fraction of sp³-hybridized carbons (Fsp3) is 0.538. The predicted octanol–water partition coefficient (Wildman–Crippen LogP) is 1.65. The first-order valence-electron chi connectivity index (χ1n) is 5.96. The highest BCUT2D eigenvalue weighted by Gasteiger charge is 2.22. The molecule has 0 aromatic carbocycles. The fourth-order valence-corrected chi connectivity index (χ4v) is 2.14. The lowest BCUT2D eigenvalue weighted by atomic mass is 10.2. The van der Waals surface area contributed by atoms with Gasteiger partial charge in [-0.15, -0.1) is 6.58 Å². The summed E-state index contributed by atoms with van der Waals surface area (Å²) in [6.45, 7) is 11.2. The van der Waals surface area contributed by atoms with Gasteiger partial charge in [-0.25, -0.2) is 9.97 Å². The summed E-state index contributed by atoms with van der Waals surface area (Å²) < 4.78 is 5.78. The van der Waals surface area contributed by atoms with E-state index in [2.05, 4.69) is 21.4 Å². The van der Waals surface area contributed by atoms with Crippen molar-refractivity contribution >= 4 is 0 Å². The van der Waals surface area contributed by atoms with Crippen LogP contribution in [0.4, 0.5) is 0 Å². The monoisotopic (exact) mass is 233 g/mol. The average molecular weight is 233 g/mol. The summed E-state index contributed by atoms with van der Waals surface area (Å²) in [6.07, 6.45) is 1.99. The van der Waals surface area contributed by atoms with Gasteiger partial charge < -0.3 is 4.74 Å². The maximum absolute atomic E-state index is 5.78. The molecular formula is C13H19N3O. The zero-order valence-electron chi connectivity index (χ0n) is 10.5. The normalized spacial score (nSPS) is 21.4. The van der Waals surface area contributed by atoms with Crippen molar-refractivity contribution in [3.8, 4) is 0 Å². The third-order valence-electron chi connectivity index (χ3n) is 2.85. The van der Waals surface area contributed by atoms with Crippen molar-refractivity contribution in [1.29, 1.82) is 0 Å². The van der Waals surface area contributed by atoms with Crippen molar-refractivity contribution < 1.29 is 4.74 Å². The Kier molecular flexibility index (Phi) is 3.86. The number of aryl methyl sites for hydroxylation is 2. The summed E-state index contributed by atoms with van der Waals surface area (Å²) in [6, 6.07) is 2.01. The van der Waals surface area contributed by atoms with Gasteiger partial charge in [0.25, 0.3) is 0 Å². The Morgan fingerprint density at radius 2 is 2.35 bits per heavy atom. The van der Waals surface area contributed by atoms with E-state index in [0.717, 1.165) is 43.5 Å². The van der Waals surface area contributed by atoms with Gasteiger partial charge in [-0.3, -0.25) is 4.90 Å². The molecule has 1 atom stereocenters. The Hall–Kier alpha value is -1.26. The molecule has 1 saturated heterocycles. The highest BCUT2D eigenvalue weighted by molar-refractivity contribution is 5.13. The number of hydrogen-bond donors (Lipinski definition) is 0. The molecule has 92 valence electrons. The van der Waals surface area contributed by atoms with E-state index in [1.807, 2.05) is 26.0 Å². The SMILES string of the molecule is C=CCN1CCO[C@@H](c2cc(C)nc(C)n2)C1. The first-order valence-corrected chi connectivity index (χ1v) is 5.96. The summed E-state index contributed by atoms with van der Waals surface area (Å²) in [7, 11) is 0. The van der Waals surface area contributed by atoms with Crippen LogP contribution < -0.4 is 0 Å². The van der Waals surface area contributed by atoms with E-state index in [-0.39, 0.29) is 6.10 Å². The van der Waals surface area contributed by atoms with Gasteiger partial charge in [0.1, 0.15) is 11.9 Å². The first-order chi connectivity index (χ1) is 8.19. The van der Waals surface area contributed by atoms with Crippen LogP contribution in [0, 0.1) is 13.8 Å². The van der Waals surface area contributed by atoms with Crippen molar-refractivity contribution in [2.75, 3.05) is 26.2 Å². The number of aromatic nitrogens is 2. The molecule has 1 aliphatic rings. The number of ether oxygens (including phenoxy) is 1. The van der Waals surface area contributed by atoms with Gasteiger partial charge in [-0.1, -0.05) is 6.08 Å². The molecule has 17 heavy (non-hydrogen) atoms. The lowest BCUT2D eigenvalue weighted by Crippen LogP contribution is -2.38. The van der Waals surface area contributed by atoms with Crippen molar-refractivity contribution in [2.24, 2.45) is 0 Å². The standard InChI is InChI=1S/C13H19N3O/c1-4-5-16-6-7-17-13(9-16)12-8-10(2)14-11(3)15-12/h4,8,13H,1,5-7,9H2,2-3H3/t13-/m1/s1. The van der Waals surface area contributed by atoms with Crippen LogP contribution >= 0.6 is 0 Å². The van der Waals surface area contributed by atoms with Gasteiger partial charge in [-0.05, 0) is 19.9 Å². The van der Waals surface area contributed by atoms with E-state index in [9.17, 15) is 0 Å². The molecule has 0 amide bonds. The van der Waals surface area contributed by atoms with Gasteiger partial charge in [0, 0.05) is 25.3 Å². The summed E-state index contributed by atoms with van der Waals surface area (Å²) in [4.78, 5) is 11.1. The molecular weight excluding hydrogens is 214 g/mol. The van der Waals surface area contributed by atoms with Crippen LogP contribution in [-0.4, -0.2) is 41.1 Å². The predicted molar refractivity (Wildman–Crippen MR) is 66.8 cm³/mol. The molecule has 2 heterocycles. The van der Waals surface area contributed by atoms with Crippen LogP contribution in [-0.2, 0) is 4.74 Å². The van der Waals surface area contributed by atoms with E-state index < -0.39 is 0 Å². The number of morpholine rings is 1. The summed E-state index contributed by atoms with van der Waals surface area (Å²) >= 11 is 0. The van der Waals surface area contributed by atoms with E-state index >= 15 is 0 Å². The molecule has 0 unspecified atom stereocenters. The molecule has 1 fully saturated rings. The number of rotatable bonds is 3. The Morgan fingerprint density at radius 1 is 1.53 bits per heavy atom. The molecule has 0 N–H and O–H groups in total. The first kappa shape index (κ1) is 12.2. The van der Waals surface area contributed by atoms with Gasteiger partial charge in [0.2, 0.25) is 0 Å². The highest BCUT2D eigenvalue weighted by Crippen LogP contribution is 2.20. The fourth-order valence-electron chi connectivity index (χ4n) is 2.14. The van der Waals surface area contributed by atoms with Crippen molar-refractivity contribution in [3.05, 3.63) is 35.9 Å². The van der Waals surface area contributed by atoms with Crippen LogP contribution in [0.15, 0.2) is 18.7 Å². The quantitative estimate of drug-likeness (QED) is 0.744. The van der Waals surface area contributed by atoms with Crippen LogP contribution in [0.5, 0.6) is 0 Å². The lowest BCUT2D eigenvalue weighted by molar-refractivity contribution is -0.0283. The molecule has 0 saturated carbocycles. The molecule has 1 aromatic heterocycles. The van der Waals surface area contributed by atoms with Crippen LogP contribution in [0.25, 0.3) is 0 Å². The van der Waals surface area contributed by atoms with E-state index in [1.165, 1.54) is 0 Å². The zero-order chi connectivity index (χ0) is 12.3. The second-order valence-corrected chi connectivity index (χ2v) is 4.39. The largest absolute Gasteiger partial charge is 0.369 e. The lowest BCUT2D eigenvalue weighted by Gasteiger charge is -2.31. The second kappa shape index (κ2) is 5.38. The maximum Gasteiger partial charge on any atom is 0.125 e. The smallest absolute Gasteiger partial charge is 0.125 e. The van der Waals surface area contributed by atoms with Crippen LogP contribution in [0.3, 0.4) is 0 Å². The van der Waals surface area contributed by atoms with Gasteiger partial charge in [0.05, 0.1) is 12.3 Å². The Labute approximate surface area is 102 Å².